The van der Waals surface area contributed by atoms with Crippen LogP contribution in [0.4, 0.5) is 0 Å². The van der Waals surface area contributed by atoms with Gasteiger partial charge >= 0.3 is 0 Å². The van der Waals surface area contributed by atoms with Crippen molar-refractivity contribution in [2.75, 3.05) is 6.61 Å². The minimum absolute atomic E-state index is 0.137. The van der Waals surface area contributed by atoms with Gasteiger partial charge in [-0.15, -0.1) is 0 Å². The quantitative estimate of drug-likeness (QED) is 0.865. The molecule has 0 aliphatic rings. The molecule has 1 atom stereocenters. The van der Waals surface area contributed by atoms with E-state index in [2.05, 4.69) is 4.98 Å². The summed E-state index contributed by atoms with van der Waals surface area (Å²) in [6, 6.07) is 11.0. The number of ether oxygens (including phenoxy) is 1. The Morgan fingerprint density at radius 2 is 1.95 bits per heavy atom. The van der Waals surface area contributed by atoms with Crippen molar-refractivity contribution in [3.05, 3.63) is 53.7 Å². The van der Waals surface area contributed by atoms with Crippen molar-refractivity contribution < 1.29 is 14.9 Å². The van der Waals surface area contributed by atoms with Gasteiger partial charge in [-0.2, -0.15) is 0 Å². The maximum Gasteiger partial charge on any atom is 0.219 e. The average molecular weight is 259 g/mol. The SMILES string of the molecule is C[C@H](O)c1ccnc(Oc2ccc(CCO)cc2)c1. The molecule has 4 nitrogen and oxygen atoms in total. The number of hydrogen-bond donors (Lipinski definition) is 2. The van der Waals surface area contributed by atoms with Crippen LogP contribution in [-0.4, -0.2) is 21.8 Å². The third-order valence-corrected chi connectivity index (χ3v) is 2.79. The molecule has 0 aliphatic carbocycles. The van der Waals surface area contributed by atoms with E-state index in [1.807, 2.05) is 24.3 Å². The van der Waals surface area contributed by atoms with Crippen LogP contribution >= 0.6 is 0 Å². The van der Waals surface area contributed by atoms with Crippen molar-refractivity contribution in [2.24, 2.45) is 0 Å². The minimum atomic E-state index is -0.544. The van der Waals surface area contributed by atoms with Gasteiger partial charge in [0.25, 0.3) is 0 Å². The average Bonchev–Trinajstić information content (AvgIpc) is 2.42. The first-order chi connectivity index (χ1) is 9.19. The van der Waals surface area contributed by atoms with Crippen LogP contribution in [0, 0.1) is 0 Å². The molecule has 0 saturated carbocycles. The first-order valence-corrected chi connectivity index (χ1v) is 6.20. The van der Waals surface area contributed by atoms with Crippen molar-refractivity contribution in [2.45, 2.75) is 19.4 Å². The highest BCUT2D eigenvalue weighted by Crippen LogP contribution is 2.22. The molecular formula is C15H17NO3. The van der Waals surface area contributed by atoms with E-state index in [0.717, 1.165) is 11.1 Å². The standard InChI is InChI=1S/C15H17NO3/c1-11(18)13-6-8-16-15(10-13)19-14-4-2-12(3-5-14)7-9-17/h2-6,8,10-11,17-18H,7,9H2,1H3/t11-/m0/s1. The number of rotatable bonds is 5. The van der Waals surface area contributed by atoms with E-state index in [-0.39, 0.29) is 6.61 Å². The molecule has 1 aromatic heterocycles. The number of pyridine rings is 1. The van der Waals surface area contributed by atoms with Gasteiger partial charge in [-0.1, -0.05) is 12.1 Å². The highest BCUT2D eigenvalue weighted by atomic mass is 16.5. The zero-order valence-electron chi connectivity index (χ0n) is 10.8. The Bertz CT molecular complexity index is 523. The number of aliphatic hydroxyl groups excluding tert-OH is 2. The van der Waals surface area contributed by atoms with Crippen LogP contribution in [0.2, 0.25) is 0 Å². The lowest BCUT2D eigenvalue weighted by Gasteiger charge is -2.08. The molecule has 0 radical (unpaired) electrons. The van der Waals surface area contributed by atoms with Crippen LogP contribution < -0.4 is 4.74 Å². The molecule has 0 amide bonds. The van der Waals surface area contributed by atoms with Crippen LogP contribution in [0.3, 0.4) is 0 Å². The molecule has 1 heterocycles. The van der Waals surface area contributed by atoms with E-state index in [1.54, 1.807) is 25.3 Å². The Kier molecular flexibility index (Phi) is 4.49. The van der Waals surface area contributed by atoms with Gasteiger partial charge in [0.05, 0.1) is 6.10 Å². The summed E-state index contributed by atoms with van der Waals surface area (Å²) in [4.78, 5) is 4.10. The Balaban J connectivity index is 2.10. The summed E-state index contributed by atoms with van der Waals surface area (Å²) < 4.78 is 5.62. The van der Waals surface area contributed by atoms with Crippen molar-refractivity contribution in [1.29, 1.82) is 0 Å². The van der Waals surface area contributed by atoms with Crippen molar-refractivity contribution in [3.8, 4) is 11.6 Å². The Morgan fingerprint density at radius 3 is 2.58 bits per heavy atom. The van der Waals surface area contributed by atoms with E-state index in [9.17, 15) is 5.11 Å². The number of benzene rings is 1. The summed E-state index contributed by atoms with van der Waals surface area (Å²) in [6.07, 6.45) is 1.70. The van der Waals surface area contributed by atoms with Gasteiger partial charge in [0.15, 0.2) is 0 Å². The van der Waals surface area contributed by atoms with E-state index in [0.29, 0.717) is 18.1 Å². The number of nitrogens with zero attached hydrogens (tertiary/aromatic N) is 1. The lowest BCUT2D eigenvalue weighted by molar-refractivity contribution is 0.198. The third kappa shape index (κ3) is 3.77. The number of aliphatic hydroxyl groups is 2. The first-order valence-electron chi connectivity index (χ1n) is 6.20. The van der Waals surface area contributed by atoms with Crippen LogP contribution in [-0.2, 0) is 6.42 Å². The molecule has 0 aliphatic heterocycles. The molecule has 100 valence electrons. The van der Waals surface area contributed by atoms with E-state index >= 15 is 0 Å². The molecule has 0 spiro atoms. The molecule has 19 heavy (non-hydrogen) atoms. The second-order valence-corrected chi connectivity index (χ2v) is 4.32. The monoisotopic (exact) mass is 259 g/mol. The Labute approximate surface area is 112 Å². The van der Waals surface area contributed by atoms with Crippen molar-refractivity contribution in [1.82, 2.24) is 4.98 Å². The molecule has 0 bridgehead atoms. The minimum Gasteiger partial charge on any atom is -0.439 e. The van der Waals surface area contributed by atoms with Crippen molar-refractivity contribution >= 4 is 0 Å². The van der Waals surface area contributed by atoms with Gasteiger partial charge in [0.2, 0.25) is 5.88 Å². The molecule has 2 aromatic rings. The normalized spacial score (nSPS) is 12.2. The Morgan fingerprint density at radius 1 is 1.21 bits per heavy atom. The maximum atomic E-state index is 9.50. The van der Waals surface area contributed by atoms with Gasteiger partial charge < -0.3 is 14.9 Å². The van der Waals surface area contributed by atoms with Gasteiger partial charge in [-0.3, -0.25) is 0 Å². The topological polar surface area (TPSA) is 62.6 Å². The second kappa shape index (κ2) is 6.31. The van der Waals surface area contributed by atoms with Crippen LogP contribution in [0.1, 0.15) is 24.2 Å². The second-order valence-electron chi connectivity index (χ2n) is 4.32. The fourth-order valence-corrected chi connectivity index (χ4v) is 1.71. The van der Waals surface area contributed by atoms with E-state index < -0.39 is 6.10 Å². The fourth-order valence-electron chi connectivity index (χ4n) is 1.71. The van der Waals surface area contributed by atoms with Gasteiger partial charge in [0, 0.05) is 18.9 Å². The predicted octanol–water partition coefficient (Wildman–Crippen LogP) is 2.46. The Hall–Kier alpha value is -1.91. The zero-order chi connectivity index (χ0) is 13.7. The first kappa shape index (κ1) is 13.5. The van der Waals surface area contributed by atoms with Crippen LogP contribution in [0.15, 0.2) is 42.6 Å². The van der Waals surface area contributed by atoms with E-state index in [4.69, 9.17) is 9.84 Å². The third-order valence-electron chi connectivity index (χ3n) is 2.79. The lowest BCUT2D eigenvalue weighted by atomic mass is 10.1. The molecule has 2 N–H and O–H groups in total. The molecule has 0 saturated heterocycles. The fraction of sp³-hybridized carbons (Fsp3) is 0.267. The molecule has 4 heteroatoms. The highest BCUT2D eigenvalue weighted by Gasteiger charge is 2.04. The summed E-state index contributed by atoms with van der Waals surface area (Å²) in [5, 5.41) is 18.3. The maximum absolute atomic E-state index is 9.50. The summed E-state index contributed by atoms with van der Waals surface area (Å²) >= 11 is 0. The summed E-state index contributed by atoms with van der Waals surface area (Å²) in [5.41, 5.74) is 1.82. The molecular weight excluding hydrogens is 242 g/mol. The summed E-state index contributed by atoms with van der Waals surface area (Å²) in [7, 11) is 0. The van der Waals surface area contributed by atoms with Crippen LogP contribution in [0.5, 0.6) is 11.6 Å². The molecule has 0 unspecified atom stereocenters. The van der Waals surface area contributed by atoms with E-state index in [1.165, 1.54) is 0 Å². The number of aromatic nitrogens is 1. The lowest BCUT2D eigenvalue weighted by Crippen LogP contribution is -1.94. The van der Waals surface area contributed by atoms with Gasteiger partial charge in [0.1, 0.15) is 5.75 Å². The van der Waals surface area contributed by atoms with Crippen molar-refractivity contribution in [3.63, 3.8) is 0 Å². The van der Waals surface area contributed by atoms with Crippen LogP contribution in [0.25, 0.3) is 0 Å². The predicted molar refractivity (Wildman–Crippen MR) is 72.2 cm³/mol. The summed E-state index contributed by atoms with van der Waals surface area (Å²) in [5.74, 6) is 1.13. The summed E-state index contributed by atoms with van der Waals surface area (Å²) in [6.45, 7) is 1.83. The highest BCUT2D eigenvalue weighted by molar-refractivity contribution is 5.32. The smallest absolute Gasteiger partial charge is 0.219 e. The zero-order valence-corrected chi connectivity index (χ0v) is 10.8. The van der Waals surface area contributed by atoms with Gasteiger partial charge in [-0.25, -0.2) is 4.98 Å². The molecule has 0 fully saturated rings. The van der Waals surface area contributed by atoms with Gasteiger partial charge in [-0.05, 0) is 42.7 Å². The number of hydrogen-bond acceptors (Lipinski definition) is 4. The molecule has 1 aromatic carbocycles. The largest absolute Gasteiger partial charge is 0.439 e. The molecule has 2 rings (SSSR count).